The molecule has 0 bridgehead atoms. The zero-order valence-electron chi connectivity index (χ0n) is 13.6. The number of sulfonamides is 1. The van der Waals surface area contributed by atoms with E-state index in [9.17, 15) is 8.42 Å². The van der Waals surface area contributed by atoms with Gasteiger partial charge in [-0.3, -0.25) is 4.90 Å². The van der Waals surface area contributed by atoms with Gasteiger partial charge in [0.15, 0.2) is 0 Å². The fraction of sp³-hybridized carbons (Fsp3) is 1.00. The minimum absolute atomic E-state index is 0.126. The zero-order valence-corrected chi connectivity index (χ0v) is 14.5. The van der Waals surface area contributed by atoms with Crippen molar-refractivity contribution in [3.63, 3.8) is 0 Å². The Balaban J connectivity index is 2.53. The molecule has 0 radical (unpaired) electrons. The van der Waals surface area contributed by atoms with E-state index in [0.29, 0.717) is 19.1 Å². The largest absolute Gasteiger partial charge is 0.311 e. The van der Waals surface area contributed by atoms with Crippen LogP contribution >= 0.6 is 0 Å². The van der Waals surface area contributed by atoms with Crippen LogP contribution in [0.2, 0.25) is 0 Å². The number of nitrogens with zero attached hydrogens (tertiary/aromatic N) is 2. The third kappa shape index (κ3) is 6.08. The maximum absolute atomic E-state index is 11.5. The van der Waals surface area contributed by atoms with Gasteiger partial charge in [0.1, 0.15) is 0 Å². The van der Waals surface area contributed by atoms with Crippen LogP contribution in [0.4, 0.5) is 0 Å². The van der Waals surface area contributed by atoms with Crippen LogP contribution in [0.5, 0.6) is 0 Å². The summed E-state index contributed by atoms with van der Waals surface area (Å²) < 4.78 is 24.7. The molecule has 0 aromatic heterocycles. The number of rotatable bonds is 6. The highest BCUT2D eigenvalue weighted by Crippen LogP contribution is 2.13. The Hall–Kier alpha value is -0.170. The molecule has 20 heavy (non-hydrogen) atoms. The molecule has 1 rings (SSSR count). The average Bonchev–Trinajstić information content (AvgIpc) is 2.32. The molecule has 1 saturated heterocycles. The molecule has 1 atom stereocenters. The smallest absolute Gasteiger partial charge is 0.211 e. The SMILES string of the molecule is CCCC(CNC(C)(C)C)N1CCN(S(C)(=O)=O)CC1. The van der Waals surface area contributed by atoms with E-state index in [1.165, 1.54) is 6.26 Å². The van der Waals surface area contributed by atoms with Gasteiger partial charge in [-0.05, 0) is 27.2 Å². The first-order valence-electron chi connectivity index (χ1n) is 7.57. The summed E-state index contributed by atoms with van der Waals surface area (Å²) in [5.74, 6) is 0. The van der Waals surface area contributed by atoms with E-state index in [0.717, 1.165) is 32.5 Å². The first-order chi connectivity index (χ1) is 9.13. The quantitative estimate of drug-likeness (QED) is 0.799. The van der Waals surface area contributed by atoms with E-state index in [2.05, 4.69) is 37.9 Å². The van der Waals surface area contributed by atoms with Crippen molar-refractivity contribution in [3.05, 3.63) is 0 Å². The molecule has 1 aliphatic heterocycles. The van der Waals surface area contributed by atoms with Crippen LogP contribution in [-0.2, 0) is 10.0 Å². The van der Waals surface area contributed by atoms with Crippen molar-refractivity contribution in [1.29, 1.82) is 0 Å². The summed E-state index contributed by atoms with van der Waals surface area (Å²) in [6.45, 7) is 12.6. The Morgan fingerprint density at radius 2 is 1.70 bits per heavy atom. The van der Waals surface area contributed by atoms with E-state index >= 15 is 0 Å². The second-order valence-corrected chi connectivity index (χ2v) is 8.75. The molecule has 0 aromatic rings. The highest BCUT2D eigenvalue weighted by Gasteiger charge is 2.27. The van der Waals surface area contributed by atoms with Gasteiger partial charge in [0, 0.05) is 44.3 Å². The molecule has 0 spiro atoms. The van der Waals surface area contributed by atoms with Crippen molar-refractivity contribution in [1.82, 2.24) is 14.5 Å². The first kappa shape index (κ1) is 17.9. The number of nitrogens with one attached hydrogen (secondary N) is 1. The number of piperazine rings is 1. The van der Waals surface area contributed by atoms with Crippen LogP contribution in [0, 0.1) is 0 Å². The Labute approximate surface area is 124 Å². The van der Waals surface area contributed by atoms with E-state index in [1.54, 1.807) is 4.31 Å². The van der Waals surface area contributed by atoms with Crippen LogP contribution in [0.1, 0.15) is 40.5 Å². The Morgan fingerprint density at radius 3 is 2.10 bits per heavy atom. The van der Waals surface area contributed by atoms with Crippen LogP contribution in [-0.4, -0.2) is 68.2 Å². The lowest BCUT2D eigenvalue weighted by atomic mass is 10.1. The maximum Gasteiger partial charge on any atom is 0.211 e. The Morgan fingerprint density at radius 1 is 1.15 bits per heavy atom. The molecule has 0 aliphatic carbocycles. The molecule has 5 nitrogen and oxygen atoms in total. The topological polar surface area (TPSA) is 52.6 Å². The lowest BCUT2D eigenvalue weighted by Gasteiger charge is -2.39. The molecule has 1 aliphatic rings. The molecule has 0 saturated carbocycles. The summed E-state index contributed by atoms with van der Waals surface area (Å²) in [6, 6.07) is 0.501. The lowest BCUT2D eigenvalue weighted by molar-refractivity contribution is 0.124. The molecular weight excluding hydrogens is 274 g/mol. The summed E-state index contributed by atoms with van der Waals surface area (Å²) in [4.78, 5) is 2.43. The van der Waals surface area contributed by atoms with Crippen LogP contribution < -0.4 is 5.32 Å². The molecule has 1 fully saturated rings. The van der Waals surface area contributed by atoms with E-state index < -0.39 is 10.0 Å². The molecular formula is C14H31N3O2S. The van der Waals surface area contributed by atoms with Crippen LogP contribution in [0.25, 0.3) is 0 Å². The minimum Gasteiger partial charge on any atom is -0.311 e. The third-order valence-corrected chi connectivity index (χ3v) is 5.05. The summed E-state index contributed by atoms with van der Waals surface area (Å²) in [5.41, 5.74) is 0.126. The van der Waals surface area contributed by atoms with Crippen LogP contribution in [0.3, 0.4) is 0 Å². The molecule has 0 amide bonds. The van der Waals surface area contributed by atoms with Gasteiger partial charge in [0.2, 0.25) is 10.0 Å². The molecule has 1 heterocycles. The molecule has 6 heteroatoms. The molecule has 120 valence electrons. The fourth-order valence-electron chi connectivity index (χ4n) is 2.57. The Bertz CT molecular complexity index is 382. The van der Waals surface area contributed by atoms with Gasteiger partial charge >= 0.3 is 0 Å². The highest BCUT2D eigenvalue weighted by molar-refractivity contribution is 7.88. The predicted octanol–water partition coefficient (Wildman–Crippen LogP) is 1.12. The second kappa shape index (κ2) is 7.20. The van der Waals surface area contributed by atoms with E-state index in [-0.39, 0.29) is 5.54 Å². The Kier molecular flexibility index (Phi) is 6.44. The maximum atomic E-state index is 11.5. The van der Waals surface area contributed by atoms with Gasteiger partial charge in [0.05, 0.1) is 6.26 Å². The van der Waals surface area contributed by atoms with Crippen molar-refractivity contribution < 1.29 is 8.42 Å². The summed E-state index contributed by atoms with van der Waals surface area (Å²) in [7, 11) is -3.03. The summed E-state index contributed by atoms with van der Waals surface area (Å²) in [5, 5.41) is 3.57. The van der Waals surface area contributed by atoms with Crippen molar-refractivity contribution in [3.8, 4) is 0 Å². The van der Waals surface area contributed by atoms with Gasteiger partial charge in [0.25, 0.3) is 0 Å². The summed E-state index contributed by atoms with van der Waals surface area (Å²) in [6.07, 6.45) is 3.61. The lowest BCUT2D eigenvalue weighted by Crippen LogP contribution is -2.55. The monoisotopic (exact) mass is 305 g/mol. The molecule has 1 unspecified atom stereocenters. The standard InChI is InChI=1S/C14H31N3O2S/c1-6-7-13(12-15-14(2,3)4)16-8-10-17(11-9-16)20(5,18)19/h13,15H,6-12H2,1-5H3. The van der Waals surface area contributed by atoms with Crippen LogP contribution in [0.15, 0.2) is 0 Å². The highest BCUT2D eigenvalue weighted by atomic mass is 32.2. The first-order valence-corrected chi connectivity index (χ1v) is 9.42. The molecule has 0 aromatic carbocycles. The summed E-state index contributed by atoms with van der Waals surface area (Å²) >= 11 is 0. The van der Waals surface area contributed by atoms with Crippen molar-refractivity contribution >= 4 is 10.0 Å². The average molecular weight is 305 g/mol. The second-order valence-electron chi connectivity index (χ2n) is 6.77. The zero-order chi connectivity index (χ0) is 15.4. The number of hydrogen-bond acceptors (Lipinski definition) is 4. The predicted molar refractivity (Wildman–Crippen MR) is 84.4 cm³/mol. The normalized spacial score (nSPS) is 21.1. The minimum atomic E-state index is -3.03. The van der Waals surface area contributed by atoms with Gasteiger partial charge < -0.3 is 5.32 Å². The van der Waals surface area contributed by atoms with Gasteiger partial charge in [-0.1, -0.05) is 13.3 Å². The van der Waals surface area contributed by atoms with E-state index in [4.69, 9.17) is 0 Å². The third-order valence-electron chi connectivity index (χ3n) is 3.75. The fourth-order valence-corrected chi connectivity index (χ4v) is 3.40. The van der Waals surface area contributed by atoms with Gasteiger partial charge in [-0.15, -0.1) is 0 Å². The van der Waals surface area contributed by atoms with Gasteiger partial charge in [-0.2, -0.15) is 4.31 Å². The van der Waals surface area contributed by atoms with E-state index in [1.807, 2.05) is 0 Å². The molecule has 1 N–H and O–H groups in total. The number of hydrogen-bond donors (Lipinski definition) is 1. The van der Waals surface area contributed by atoms with Crippen molar-refractivity contribution in [2.45, 2.75) is 52.1 Å². The van der Waals surface area contributed by atoms with Crippen molar-refractivity contribution in [2.75, 3.05) is 39.0 Å². The van der Waals surface area contributed by atoms with Crippen molar-refractivity contribution in [2.24, 2.45) is 0 Å². The van der Waals surface area contributed by atoms with Gasteiger partial charge in [-0.25, -0.2) is 8.42 Å².